The molecule has 8 nitrogen and oxygen atoms in total. The molecule has 4 rings (SSSR count). The average molecular weight is 589 g/mol. The Morgan fingerprint density at radius 3 is 2.23 bits per heavy atom. The maximum Gasteiger partial charge on any atom is 0.291 e. The van der Waals surface area contributed by atoms with Crippen molar-refractivity contribution in [3.8, 4) is 17.2 Å². The summed E-state index contributed by atoms with van der Waals surface area (Å²) in [6.45, 7) is -0.803. The average Bonchev–Trinajstić information content (AvgIpc) is 3.37. The van der Waals surface area contributed by atoms with E-state index in [9.17, 15) is 36.9 Å². The molecule has 1 aromatic heterocycles. The van der Waals surface area contributed by atoms with Crippen LogP contribution in [0.1, 0.15) is 16.3 Å². The van der Waals surface area contributed by atoms with Crippen LogP contribution in [0.3, 0.4) is 0 Å². The van der Waals surface area contributed by atoms with Crippen LogP contribution in [-0.4, -0.2) is 10.8 Å². The van der Waals surface area contributed by atoms with Crippen LogP contribution in [0.15, 0.2) is 52.9 Å². The van der Waals surface area contributed by atoms with Crippen LogP contribution in [0.25, 0.3) is 0 Å². The molecule has 39 heavy (non-hydrogen) atoms. The number of nitro groups is 1. The lowest BCUT2D eigenvalue weighted by atomic mass is 10.2. The van der Waals surface area contributed by atoms with Gasteiger partial charge in [0.05, 0.1) is 21.7 Å². The Hall–Kier alpha value is -4.36. The summed E-state index contributed by atoms with van der Waals surface area (Å²) >= 11 is 11.9. The van der Waals surface area contributed by atoms with Crippen molar-refractivity contribution >= 4 is 40.5 Å². The van der Waals surface area contributed by atoms with Crippen LogP contribution in [0.5, 0.6) is 17.2 Å². The van der Waals surface area contributed by atoms with E-state index < -0.39 is 58.0 Å². The van der Waals surface area contributed by atoms with Crippen molar-refractivity contribution in [1.82, 2.24) is 0 Å². The highest BCUT2D eigenvalue weighted by atomic mass is 35.5. The first-order valence-corrected chi connectivity index (χ1v) is 11.2. The molecular formula is C24H11Cl2F5N2O6. The molecule has 202 valence electrons. The zero-order chi connectivity index (χ0) is 28.4. The number of hydrogen-bond acceptors (Lipinski definition) is 6. The second-order valence-electron chi connectivity index (χ2n) is 7.56. The molecule has 1 N–H and O–H groups in total. The lowest BCUT2D eigenvalue weighted by molar-refractivity contribution is -0.384. The second-order valence-corrected chi connectivity index (χ2v) is 8.40. The molecule has 0 aliphatic carbocycles. The molecule has 1 amide bonds. The molecule has 3 aromatic carbocycles. The number of halogens is 7. The van der Waals surface area contributed by atoms with Crippen molar-refractivity contribution in [2.75, 3.05) is 5.32 Å². The molecule has 0 aliphatic heterocycles. The highest BCUT2D eigenvalue weighted by molar-refractivity contribution is 6.35. The van der Waals surface area contributed by atoms with E-state index in [0.717, 1.165) is 24.3 Å². The molecule has 4 aromatic rings. The Balaban J connectivity index is 1.50. The Morgan fingerprint density at radius 2 is 1.59 bits per heavy atom. The number of benzene rings is 3. The van der Waals surface area contributed by atoms with Gasteiger partial charge < -0.3 is 19.2 Å². The predicted octanol–water partition coefficient (Wildman–Crippen LogP) is 7.81. The zero-order valence-electron chi connectivity index (χ0n) is 18.9. The van der Waals surface area contributed by atoms with Crippen LogP contribution in [0, 0.1) is 39.2 Å². The number of nitro benzene ring substituents is 1. The van der Waals surface area contributed by atoms with Crippen molar-refractivity contribution in [2.24, 2.45) is 0 Å². The van der Waals surface area contributed by atoms with Gasteiger partial charge in [-0.3, -0.25) is 14.9 Å². The number of furan rings is 1. The molecule has 0 radical (unpaired) electrons. The molecule has 1 heterocycles. The molecule has 0 aliphatic rings. The molecule has 0 spiro atoms. The summed E-state index contributed by atoms with van der Waals surface area (Å²) in [6.07, 6.45) is 0. The third kappa shape index (κ3) is 6.04. The fourth-order valence-electron chi connectivity index (χ4n) is 3.13. The van der Waals surface area contributed by atoms with Crippen LogP contribution < -0.4 is 14.8 Å². The molecule has 0 atom stereocenters. The number of ether oxygens (including phenoxy) is 2. The molecule has 0 bridgehead atoms. The van der Waals surface area contributed by atoms with Gasteiger partial charge in [0.1, 0.15) is 23.9 Å². The van der Waals surface area contributed by atoms with Gasteiger partial charge in [0.2, 0.25) is 29.1 Å². The number of anilines is 1. The number of amides is 1. The summed E-state index contributed by atoms with van der Waals surface area (Å²) in [7, 11) is 0. The number of rotatable bonds is 8. The van der Waals surface area contributed by atoms with Crippen molar-refractivity contribution in [3.05, 3.63) is 109 Å². The molecule has 0 fully saturated rings. The van der Waals surface area contributed by atoms with Crippen molar-refractivity contribution in [1.29, 1.82) is 0 Å². The summed E-state index contributed by atoms with van der Waals surface area (Å²) < 4.78 is 82.8. The molecular weight excluding hydrogens is 578 g/mol. The fraction of sp³-hybridized carbons (Fsp3) is 0.0417. The van der Waals surface area contributed by atoms with Crippen LogP contribution >= 0.6 is 23.2 Å². The van der Waals surface area contributed by atoms with Crippen LogP contribution in [0.2, 0.25) is 10.0 Å². The first kappa shape index (κ1) is 27.7. The van der Waals surface area contributed by atoms with Gasteiger partial charge in [0.25, 0.3) is 11.6 Å². The van der Waals surface area contributed by atoms with Gasteiger partial charge in [-0.15, -0.1) is 0 Å². The Labute approximate surface area is 224 Å². The van der Waals surface area contributed by atoms with Gasteiger partial charge in [-0.1, -0.05) is 23.2 Å². The second kappa shape index (κ2) is 11.2. The third-order valence-corrected chi connectivity index (χ3v) is 5.43. The van der Waals surface area contributed by atoms with E-state index in [1.54, 1.807) is 0 Å². The normalized spacial score (nSPS) is 10.8. The third-order valence-electron chi connectivity index (χ3n) is 4.90. The SMILES string of the molecule is O=C(Nc1cc(Oc2ccc(Cl)cc2Cl)cc([N+](=O)[O-])c1)c1ccc(COc2c(F)c(F)c(F)c(F)c2F)o1. The first-order chi connectivity index (χ1) is 18.4. The van der Waals surface area contributed by atoms with E-state index in [1.165, 1.54) is 24.3 Å². The Morgan fingerprint density at radius 1 is 0.923 bits per heavy atom. The quantitative estimate of drug-likeness (QED) is 0.0739. The van der Waals surface area contributed by atoms with Crippen molar-refractivity contribution in [2.45, 2.75) is 6.61 Å². The van der Waals surface area contributed by atoms with Gasteiger partial charge in [-0.2, -0.15) is 8.78 Å². The van der Waals surface area contributed by atoms with E-state index in [1.807, 2.05) is 0 Å². The number of nitrogens with one attached hydrogen (secondary N) is 1. The topological polar surface area (TPSA) is 104 Å². The van der Waals surface area contributed by atoms with E-state index >= 15 is 0 Å². The first-order valence-electron chi connectivity index (χ1n) is 10.4. The summed E-state index contributed by atoms with van der Waals surface area (Å²) in [5.74, 6) is -14.1. The molecule has 0 unspecified atom stereocenters. The Kier molecular flexibility index (Phi) is 7.93. The minimum absolute atomic E-state index is 0.0555. The highest BCUT2D eigenvalue weighted by Gasteiger charge is 2.27. The van der Waals surface area contributed by atoms with Gasteiger partial charge in [0, 0.05) is 17.2 Å². The summed E-state index contributed by atoms with van der Waals surface area (Å²) in [4.78, 5) is 23.3. The monoisotopic (exact) mass is 588 g/mol. The van der Waals surface area contributed by atoms with E-state index in [0.29, 0.717) is 5.02 Å². The fourth-order valence-corrected chi connectivity index (χ4v) is 3.58. The van der Waals surface area contributed by atoms with Gasteiger partial charge >= 0.3 is 0 Å². The summed E-state index contributed by atoms with van der Waals surface area (Å²) in [5.41, 5.74) is -0.519. The number of carbonyl (C=O) groups excluding carboxylic acids is 1. The van der Waals surface area contributed by atoms with Crippen LogP contribution in [-0.2, 0) is 6.61 Å². The van der Waals surface area contributed by atoms with E-state index in [-0.39, 0.29) is 33.7 Å². The Bertz CT molecular complexity index is 1590. The zero-order valence-corrected chi connectivity index (χ0v) is 20.4. The highest BCUT2D eigenvalue weighted by Crippen LogP contribution is 2.35. The van der Waals surface area contributed by atoms with E-state index in [4.69, 9.17) is 32.4 Å². The number of nitrogens with zero attached hydrogens (tertiary/aromatic N) is 1. The smallest absolute Gasteiger partial charge is 0.291 e. The molecule has 0 saturated heterocycles. The molecule has 15 heteroatoms. The summed E-state index contributed by atoms with van der Waals surface area (Å²) in [6, 6.07) is 9.94. The largest absolute Gasteiger partial charge is 0.479 e. The lowest BCUT2D eigenvalue weighted by Crippen LogP contribution is -2.11. The summed E-state index contributed by atoms with van der Waals surface area (Å²) in [5, 5.41) is 14.2. The minimum atomic E-state index is -2.35. The van der Waals surface area contributed by atoms with Gasteiger partial charge in [0.15, 0.2) is 11.5 Å². The van der Waals surface area contributed by atoms with Crippen molar-refractivity contribution in [3.63, 3.8) is 0 Å². The lowest BCUT2D eigenvalue weighted by Gasteiger charge is -2.10. The standard InChI is InChI=1S/C24H11Cl2F5N2O6/c25-10-1-3-16(15(26)5-10)39-14-7-11(6-12(8-14)33(35)36)32-24(34)17-4-2-13(38-17)9-37-23-21(30)19(28)18(27)20(29)22(23)31/h1-8H,9H2,(H,32,34). The minimum Gasteiger partial charge on any atom is -0.479 e. The van der Waals surface area contributed by atoms with Crippen LogP contribution in [0.4, 0.5) is 33.3 Å². The maximum absolute atomic E-state index is 13.8. The molecule has 0 saturated carbocycles. The predicted molar refractivity (Wildman–Crippen MR) is 127 cm³/mol. The van der Waals surface area contributed by atoms with Gasteiger partial charge in [-0.05, 0) is 30.3 Å². The van der Waals surface area contributed by atoms with Crippen molar-refractivity contribution < 1.29 is 45.6 Å². The number of hydrogen-bond donors (Lipinski definition) is 1. The number of non-ortho nitro benzene ring substituents is 1. The van der Waals surface area contributed by atoms with Gasteiger partial charge in [-0.25, -0.2) is 13.2 Å². The maximum atomic E-state index is 13.8. The van der Waals surface area contributed by atoms with E-state index in [2.05, 4.69) is 10.1 Å². The number of carbonyl (C=O) groups is 1.